The third kappa shape index (κ3) is 3.87. The highest BCUT2D eigenvalue weighted by molar-refractivity contribution is 8.25. The van der Waals surface area contributed by atoms with Crippen molar-refractivity contribution in [1.29, 1.82) is 0 Å². The van der Waals surface area contributed by atoms with E-state index < -0.39 is 0 Å². The SMILES string of the molecule is CC(=O)/C(C(=O)/C=C/c1ccccc1)=C1/SCC(C)S1. The van der Waals surface area contributed by atoms with E-state index in [4.69, 9.17) is 0 Å². The first kappa shape index (κ1) is 15.1. The quantitative estimate of drug-likeness (QED) is 0.479. The van der Waals surface area contributed by atoms with E-state index in [0.717, 1.165) is 15.6 Å². The normalized spacial score (nSPS) is 21.2. The third-order valence-corrected chi connectivity index (χ3v) is 5.76. The molecule has 1 heterocycles. The van der Waals surface area contributed by atoms with Crippen LogP contribution >= 0.6 is 23.5 Å². The van der Waals surface area contributed by atoms with Gasteiger partial charge in [0.1, 0.15) is 0 Å². The lowest BCUT2D eigenvalue weighted by Crippen LogP contribution is -2.08. The van der Waals surface area contributed by atoms with Gasteiger partial charge in [-0.2, -0.15) is 0 Å². The van der Waals surface area contributed by atoms with Gasteiger partial charge < -0.3 is 0 Å². The number of carbonyl (C=O) groups is 2. The predicted octanol–water partition coefficient (Wildman–Crippen LogP) is 3.94. The van der Waals surface area contributed by atoms with Gasteiger partial charge in [0.2, 0.25) is 0 Å². The maximum atomic E-state index is 12.3. The van der Waals surface area contributed by atoms with Crippen molar-refractivity contribution >= 4 is 41.2 Å². The Balaban J connectivity index is 2.21. The van der Waals surface area contributed by atoms with Crippen molar-refractivity contribution in [1.82, 2.24) is 0 Å². The lowest BCUT2D eigenvalue weighted by atomic mass is 10.1. The smallest absolute Gasteiger partial charge is 0.191 e. The second-order valence-electron chi connectivity index (χ2n) is 4.57. The van der Waals surface area contributed by atoms with Crippen LogP contribution in [-0.4, -0.2) is 22.6 Å². The van der Waals surface area contributed by atoms with Gasteiger partial charge in [0.15, 0.2) is 11.6 Å². The van der Waals surface area contributed by atoms with Crippen molar-refractivity contribution < 1.29 is 9.59 Å². The summed E-state index contributed by atoms with van der Waals surface area (Å²) in [5.41, 5.74) is 1.28. The van der Waals surface area contributed by atoms with E-state index in [2.05, 4.69) is 6.92 Å². The molecule has 1 aromatic rings. The van der Waals surface area contributed by atoms with Crippen LogP contribution in [0.15, 0.2) is 46.2 Å². The van der Waals surface area contributed by atoms with Gasteiger partial charge in [-0.15, -0.1) is 23.5 Å². The number of hydrogen-bond acceptors (Lipinski definition) is 4. The minimum absolute atomic E-state index is 0.156. The number of allylic oxidation sites excluding steroid dienone is 2. The Morgan fingerprint density at radius 1 is 1.25 bits per heavy atom. The molecule has 20 heavy (non-hydrogen) atoms. The Hall–Kier alpha value is -1.26. The Labute approximate surface area is 127 Å². The van der Waals surface area contributed by atoms with Crippen LogP contribution in [0.1, 0.15) is 19.4 Å². The Morgan fingerprint density at radius 3 is 2.50 bits per heavy atom. The number of benzene rings is 1. The van der Waals surface area contributed by atoms with E-state index in [9.17, 15) is 9.59 Å². The topological polar surface area (TPSA) is 34.1 Å². The van der Waals surface area contributed by atoms with Crippen LogP contribution in [0.3, 0.4) is 0 Å². The zero-order chi connectivity index (χ0) is 14.5. The predicted molar refractivity (Wildman–Crippen MR) is 87.7 cm³/mol. The molecular formula is C16H16O2S2. The van der Waals surface area contributed by atoms with E-state index in [-0.39, 0.29) is 11.6 Å². The molecule has 104 valence electrons. The highest BCUT2D eigenvalue weighted by Crippen LogP contribution is 2.43. The molecule has 1 aromatic carbocycles. The first-order valence-electron chi connectivity index (χ1n) is 6.40. The highest BCUT2D eigenvalue weighted by Gasteiger charge is 2.25. The molecule has 0 spiro atoms. The van der Waals surface area contributed by atoms with Crippen molar-refractivity contribution in [2.24, 2.45) is 0 Å². The van der Waals surface area contributed by atoms with Crippen LogP contribution in [0.2, 0.25) is 0 Å². The molecule has 0 aromatic heterocycles. The molecular weight excluding hydrogens is 288 g/mol. The lowest BCUT2D eigenvalue weighted by Gasteiger charge is -2.03. The summed E-state index contributed by atoms with van der Waals surface area (Å²) < 4.78 is 0.868. The van der Waals surface area contributed by atoms with Gasteiger partial charge in [0, 0.05) is 11.0 Å². The number of ketones is 2. The van der Waals surface area contributed by atoms with Gasteiger partial charge >= 0.3 is 0 Å². The minimum Gasteiger partial charge on any atom is -0.294 e. The van der Waals surface area contributed by atoms with Gasteiger partial charge in [-0.05, 0) is 18.6 Å². The van der Waals surface area contributed by atoms with Gasteiger partial charge in [-0.25, -0.2) is 0 Å². The van der Waals surface area contributed by atoms with Crippen molar-refractivity contribution in [3.63, 3.8) is 0 Å². The molecule has 0 amide bonds. The summed E-state index contributed by atoms with van der Waals surface area (Å²) in [5.74, 6) is 0.592. The number of Topliss-reactive ketones (excluding diaryl/α,β-unsaturated/α-hetero) is 1. The lowest BCUT2D eigenvalue weighted by molar-refractivity contribution is -0.118. The van der Waals surface area contributed by atoms with Crippen molar-refractivity contribution in [3.8, 4) is 0 Å². The maximum absolute atomic E-state index is 12.3. The van der Waals surface area contributed by atoms with Crippen molar-refractivity contribution in [2.75, 3.05) is 5.75 Å². The van der Waals surface area contributed by atoms with Crippen LogP contribution in [0.5, 0.6) is 0 Å². The molecule has 4 heteroatoms. The Morgan fingerprint density at radius 2 is 1.95 bits per heavy atom. The van der Waals surface area contributed by atoms with E-state index in [0.29, 0.717) is 10.8 Å². The summed E-state index contributed by atoms with van der Waals surface area (Å²) in [6.07, 6.45) is 3.24. The summed E-state index contributed by atoms with van der Waals surface area (Å²) in [6.45, 7) is 3.56. The molecule has 1 aliphatic rings. The van der Waals surface area contributed by atoms with Gasteiger partial charge in [-0.3, -0.25) is 9.59 Å². The maximum Gasteiger partial charge on any atom is 0.191 e. The fourth-order valence-corrected chi connectivity index (χ4v) is 4.76. The average molecular weight is 304 g/mol. The van der Waals surface area contributed by atoms with Gasteiger partial charge in [0.05, 0.1) is 9.81 Å². The Kier molecular flexibility index (Phi) is 5.26. The standard InChI is InChI=1S/C16H16O2S2/c1-11-10-19-16(20-11)15(12(2)17)14(18)9-8-13-6-4-3-5-7-13/h3-9,11H,10H2,1-2H3/b9-8+,16-15+. The van der Waals surface area contributed by atoms with Crippen LogP contribution in [-0.2, 0) is 9.59 Å². The molecule has 0 saturated carbocycles. The summed E-state index contributed by atoms with van der Waals surface area (Å²) in [7, 11) is 0. The fourth-order valence-electron chi connectivity index (χ4n) is 1.81. The second-order valence-corrected chi connectivity index (χ2v) is 7.30. The van der Waals surface area contributed by atoms with Gasteiger partial charge in [-0.1, -0.05) is 43.3 Å². The molecule has 1 atom stereocenters. The van der Waals surface area contributed by atoms with Crippen LogP contribution < -0.4 is 0 Å². The first-order chi connectivity index (χ1) is 9.58. The van der Waals surface area contributed by atoms with E-state index in [1.807, 2.05) is 30.3 Å². The molecule has 0 N–H and O–H groups in total. The zero-order valence-electron chi connectivity index (χ0n) is 11.5. The summed E-state index contributed by atoms with van der Waals surface area (Å²) in [6, 6.07) is 9.60. The zero-order valence-corrected chi connectivity index (χ0v) is 13.1. The fraction of sp³-hybridized carbons (Fsp3) is 0.250. The first-order valence-corrected chi connectivity index (χ1v) is 8.26. The number of rotatable bonds is 4. The summed E-state index contributed by atoms with van der Waals surface area (Å²) >= 11 is 3.22. The molecule has 1 aliphatic heterocycles. The number of carbonyl (C=O) groups excluding carboxylic acids is 2. The summed E-state index contributed by atoms with van der Waals surface area (Å²) in [5, 5.41) is 0.454. The van der Waals surface area contributed by atoms with Crippen LogP contribution in [0, 0.1) is 0 Å². The van der Waals surface area contributed by atoms with Crippen molar-refractivity contribution in [3.05, 3.63) is 51.8 Å². The molecule has 2 nitrogen and oxygen atoms in total. The Bertz CT molecular complexity index is 573. The second kappa shape index (κ2) is 6.95. The molecule has 0 radical (unpaired) electrons. The van der Waals surface area contributed by atoms with Crippen LogP contribution in [0.4, 0.5) is 0 Å². The van der Waals surface area contributed by atoms with Gasteiger partial charge in [0.25, 0.3) is 0 Å². The monoisotopic (exact) mass is 304 g/mol. The van der Waals surface area contributed by atoms with Crippen LogP contribution in [0.25, 0.3) is 6.08 Å². The molecule has 2 rings (SSSR count). The molecule has 1 fully saturated rings. The molecule has 0 bridgehead atoms. The molecule has 1 unspecified atom stereocenters. The number of thioether (sulfide) groups is 2. The molecule has 0 aliphatic carbocycles. The molecule has 1 saturated heterocycles. The largest absolute Gasteiger partial charge is 0.294 e. The van der Waals surface area contributed by atoms with Crippen molar-refractivity contribution in [2.45, 2.75) is 19.1 Å². The van der Waals surface area contributed by atoms with E-state index >= 15 is 0 Å². The number of hydrogen-bond donors (Lipinski definition) is 0. The minimum atomic E-state index is -0.203. The summed E-state index contributed by atoms with van der Waals surface area (Å²) in [4.78, 5) is 24.0. The van der Waals surface area contributed by atoms with E-state index in [1.54, 1.807) is 29.6 Å². The highest BCUT2D eigenvalue weighted by atomic mass is 32.2. The van der Waals surface area contributed by atoms with E-state index in [1.165, 1.54) is 13.0 Å². The third-order valence-electron chi connectivity index (χ3n) is 2.79. The average Bonchev–Trinajstić information content (AvgIpc) is 2.83.